The van der Waals surface area contributed by atoms with Crippen LogP contribution in [0.25, 0.3) is 0 Å². The molecule has 0 aliphatic carbocycles. The number of methoxy groups -OCH3 is 1. The molecule has 1 unspecified atom stereocenters. The molecule has 0 fully saturated rings. The summed E-state index contributed by atoms with van der Waals surface area (Å²) >= 11 is 0. The largest absolute Gasteiger partial charge is 0.493 e. The molecule has 4 heteroatoms. The fourth-order valence-corrected chi connectivity index (χ4v) is 1.36. The molecule has 1 rings (SSSR count). The van der Waals surface area contributed by atoms with Gasteiger partial charge in [-0.25, -0.2) is 0 Å². The van der Waals surface area contributed by atoms with Gasteiger partial charge in [0, 0.05) is 5.56 Å². The van der Waals surface area contributed by atoms with Crippen LogP contribution in [0.3, 0.4) is 0 Å². The fourth-order valence-electron chi connectivity index (χ4n) is 1.36. The van der Waals surface area contributed by atoms with Gasteiger partial charge in [0.05, 0.1) is 19.8 Å². The maximum atomic E-state index is 11.7. The van der Waals surface area contributed by atoms with Gasteiger partial charge >= 0.3 is 0 Å². The first-order chi connectivity index (χ1) is 7.60. The summed E-state index contributed by atoms with van der Waals surface area (Å²) in [5, 5.41) is 0. The van der Waals surface area contributed by atoms with Crippen LogP contribution in [0.4, 0.5) is 0 Å². The zero-order chi connectivity index (χ0) is 12.1. The minimum absolute atomic E-state index is 0.108. The van der Waals surface area contributed by atoms with Crippen molar-refractivity contribution in [3.8, 4) is 11.5 Å². The highest BCUT2D eigenvalue weighted by Gasteiger charge is 2.13. The van der Waals surface area contributed by atoms with E-state index in [1.807, 2.05) is 6.92 Å². The second-order valence-corrected chi connectivity index (χ2v) is 3.45. The number of carbonyl (C=O) groups is 1. The Hall–Kier alpha value is -1.55. The smallest absolute Gasteiger partial charge is 0.179 e. The van der Waals surface area contributed by atoms with Crippen molar-refractivity contribution >= 4 is 5.78 Å². The number of nitrogens with two attached hydrogens (primary N) is 1. The third-order valence-corrected chi connectivity index (χ3v) is 2.16. The maximum absolute atomic E-state index is 11.7. The van der Waals surface area contributed by atoms with Crippen molar-refractivity contribution in [2.45, 2.75) is 19.9 Å². The van der Waals surface area contributed by atoms with Gasteiger partial charge in [0.1, 0.15) is 0 Å². The molecule has 0 aliphatic rings. The molecule has 88 valence electrons. The normalized spacial score (nSPS) is 12.0. The lowest BCUT2D eigenvalue weighted by atomic mass is 10.1. The van der Waals surface area contributed by atoms with Crippen LogP contribution < -0.4 is 15.2 Å². The van der Waals surface area contributed by atoms with Crippen LogP contribution in [-0.4, -0.2) is 25.5 Å². The Morgan fingerprint density at radius 1 is 1.44 bits per heavy atom. The highest BCUT2D eigenvalue weighted by Crippen LogP contribution is 2.28. The van der Waals surface area contributed by atoms with Crippen molar-refractivity contribution in [2.75, 3.05) is 13.7 Å². The molecule has 0 amide bonds. The Kier molecular flexibility index (Phi) is 4.31. The van der Waals surface area contributed by atoms with E-state index in [2.05, 4.69) is 0 Å². The van der Waals surface area contributed by atoms with E-state index in [1.165, 1.54) is 0 Å². The third-order valence-electron chi connectivity index (χ3n) is 2.16. The predicted molar refractivity (Wildman–Crippen MR) is 62.1 cm³/mol. The van der Waals surface area contributed by atoms with Crippen LogP contribution in [0.1, 0.15) is 24.2 Å². The summed E-state index contributed by atoms with van der Waals surface area (Å²) in [7, 11) is 1.56. The number of carbonyl (C=O) groups excluding carboxylic acids is 1. The molecule has 4 nitrogen and oxygen atoms in total. The molecule has 0 bridgehead atoms. The number of hydrogen-bond acceptors (Lipinski definition) is 4. The maximum Gasteiger partial charge on any atom is 0.179 e. The van der Waals surface area contributed by atoms with Gasteiger partial charge in [0.2, 0.25) is 0 Å². The second-order valence-electron chi connectivity index (χ2n) is 3.45. The van der Waals surface area contributed by atoms with Crippen LogP contribution >= 0.6 is 0 Å². The molecule has 2 N–H and O–H groups in total. The van der Waals surface area contributed by atoms with Crippen molar-refractivity contribution < 1.29 is 14.3 Å². The highest BCUT2D eigenvalue weighted by molar-refractivity contribution is 6.00. The summed E-state index contributed by atoms with van der Waals surface area (Å²) in [5.74, 6) is 1.07. The Morgan fingerprint density at radius 2 is 2.12 bits per heavy atom. The number of rotatable bonds is 5. The molecule has 1 aromatic carbocycles. The minimum Gasteiger partial charge on any atom is -0.493 e. The number of Topliss-reactive ketones (excluding diaryl/α,β-unsaturated/α-hetero) is 1. The molecule has 0 aliphatic heterocycles. The van der Waals surface area contributed by atoms with E-state index in [-0.39, 0.29) is 5.78 Å². The van der Waals surface area contributed by atoms with E-state index < -0.39 is 6.04 Å². The summed E-state index contributed by atoms with van der Waals surface area (Å²) in [6.45, 7) is 4.05. The topological polar surface area (TPSA) is 61.5 Å². The molecule has 0 heterocycles. The Morgan fingerprint density at radius 3 is 2.62 bits per heavy atom. The Bertz CT molecular complexity index is 375. The lowest BCUT2D eigenvalue weighted by molar-refractivity contribution is 0.0967. The number of ketones is 1. The van der Waals surface area contributed by atoms with Gasteiger partial charge in [-0.3, -0.25) is 4.79 Å². The average Bonchev–Trinajstić information content (AvgIpc) is 2.28. The van der Waals surface area contributed by atoms with Gasteiger partial charge in [0.25, 0.3) is 0 Å². The summed E-state index contributed by atoms with van der Waals surface area (Å²) < 4.78 is 10.5. The molecule has 1 atom stereocenters. The lowest BCUT2D eigenvalue weighted by Crippen LogP contribution is -2.26. The van der Waals surface area contributed by atoms with Crippen LogP contribution in [0.5, 0.6) is 11.5 Å². The first kappa shape index (κ1) is 12.5. The van der Waals surface area contributed by atoms with Gasteiger partial charge in [-0.15, -0.1) is 0 Å². The third kappa shape index (κ3) is 2.73. The second kappa shape index (κ2) is 5.51. The molecule has 0 radical (unpaired) electrons. The first-order valence-corrected chi connectivity index (χ1v) is 5.20. The molecule has 0 spiro atoms. The van der Waals surface area contributed by atoms with Gasteiger partial charge in [-0.2, -0.15) is 0 Å². The van der Waals surface area contributed by atoms with Crippen LogP contribution in [0.2, 0.25) is 0 Å². The Balaban J connectivity index is 3.06. The van der Waals surface area contributed by atoms with Crippen molar-refractivity contribution in [1.29, 1.82) is 0 Å². The van der Waals surface area contributed by atoms with E-state index in [1.54, 1.807) is 32.2 Å². The van der Waals surface area contributed by atoms with E-state index >= 15 is 0 Å². The Labute approximate surface area is 95.3 Å². The van der Waals surface area contributed by atoms with Crippen LogP contribution in [0, 0.1) is 0 Å². The highest BCUT2D eigenvalue weighted by atomic mass is 16.5. The predicted octanol–water partition coefficient (Wildman–Crippen LogP) is 1.62. The van der Waals surface area contributed by atoms with Crippen LogP contribution in [0.15, 0.2) is 18.2 Å². The van der Waals surface area contributed by atoms with Gasteiger partial charge in [0.15, 0.2) is 17.3 Å². The monoisotopic (exact) mass is 223 g/mol. The zero-order valence-corrected chi connectivity index (χ0v) is 9.82. The van der Waals surface area contributed by atoms with Crippen LogP contribution in [-0.2, 0) is 0 Å². The molecule has 1 aromatic rings. The number of hydrogen-bond donors (Lipinski definition) is 1. The number of benzene rings is 1. The standard InChI is InChI=1S/C12H17NO3/c1-4-16-11-7-9(12(14)8(2)13)5-6-10(11)15-3/h5-8H,4,13H2,1-3H3. The molecule has 16 heavy (non-hydrogen) atoms. The number of ether oxygens (including phenoxy) is 2. The van der Waals surface area contributed by atoms with Crippen molar-refractivity contribution in [2.24, 2.45) is 5.73 Å². The average molecular weight is 223 g/mol. The quantitative estimate of drug-likeness (QED) is 0.770. The first-order valence-electron chi connectivity index (χ1n) is 5.20. The minimum atomic E-state index is -0.511. The van der Waals surface area contributed by atoms with Gasteiger partial charge in [-0.05, 0) is 32.0 Å². The van der Waals surface area contributed by atoms with E-state index in [0.29, 0.717) is 23.7 Å². The summed E-state index contributed by atoms with van der Waals surface area (Å²) in [5.41, 5.74) is 6.08. The lowest BCUT2D eigenvalue weighted by Gasteiger charge is -2.11. The SMILES string of the molecule is CCOc1cc(C(=O)C(C)N)ccc1OC. The molecule has 0 aromatic heterocycles. The van der Waals surface area contributed by atoms with Gasteiger partial charge in [-0.1, -0.05) is 0 Å². The molecular weight excluding hydrogens is 206 g/mol. The molecule has 0 saturated carbocycles. The summed E-state index contributed by atoms with van der Waals surface area (Å²) in [6.07, 6.45) is 0. The fraction of sp³-hybridized carbons (Fsp3) is 0.417. The van der Waals surface area contributed by atoms with Crippen molar-refractivity contribution in [3.05, 3.63) is 23.8 Å². The van der Waals surface area contributed by atoms with Crippen molar-refractivity contribution in [3.63, 3.8) is 0 Å². The summed E-state index contributed by atoms with van der Waals surface area (Å²) in [4.78, 5) is 11.7. The zero-order valence-electron chi connectivity index (χ0n) is 9.82. The molecular formula is C12H17NO3. The van der Waals surface area contributed by atoms with E-state index in [0.717, 1.165) is 0 Å². The van der Waals surface area contributed by atoms with Gasteiger partial charge < -0.3 is 15.2 Å². The summed E-state index contributed by atoms with van der Waals surface area (Å²) in [6, 6.07) is 4.55. The van der Waals surface area contributed by atoms with Crippen molar-refractivity contribution in [1.82, 2.24) is 0 Å². The van der Waals surface area contributed by atoms with E-state index in [4.69, 9.17) is 15.2 Å². The van der Waals surface area contributed by atoms with E-state index in [9.17, 15) is 4.79 Å². The molecule has 0 saturated heterocycles.